The van der Waals surface area contributed by atoms with E-state index in [1.54, 1.807) is 0 Å². The molecule has 2 rings (SSSR count). The van der Waals surface area contributed by atoms with E-state index in [0.29, 0.717) is 0 Å². The minimum absolute atomic E-state index is 0.287. The molecule has 5 heteroatoms. The Bertz CT molecular complexity index is 594. The van der Waals surface area contributed by atoms with Gasteiger partial charge in [0, 0.05) is 49.2 Å². The van der Waals surface area contributed by atoms with Crippen molar-refractivity contribution >= 4 is 0 Å². The van der Waals surface area contributed by atoms with Gasteiger partial charge in [-0.2, -0.15) is 10.2 Å². The molecule has 0 bridgehead atoms. The van der Waals surface area contributed by atoms with E-state index in [1.807, 2.05) is 18.7 Å². The molecular formula is C15H25N5. The molecule has 5 nitrogen and oxygen atoms in total. The first kappa shape index (κ1) is 14.8. The molecule has 0 aliphatic heterocycles. The van der Waals surface area contributed by atoms with E-state index in [0.717, 1.165) is 24.5 Å². The van der Waals surface area contributed by atoms with Gasteiger partial charge >= 0.3 is 0 Å². The molecule has 2 aromatic heterocycles. The Morgan fingerprint density at radius 3 is 2.40 bits per heavy atom. The van der Waals surface area contributed by atoms with Crippen molar-refractivity contribution in [3.8, 4) is 0 Å². The summed E-state index contributed by atoms with van der Waals surface area (Å²) in [5.74, 6) is 0. The maximum Gasteiger partial charge on any atom is 0.0644 e. The zero-order valence-electron chi connectivity index (χ0n) is 13.4. The lowest BCUT2D eigenvalue weighted by atomic mass is 10.1. The van der Waals surface area contributed by atoms with Crippen LogP contribution < -0.4 is 5.32 Å². The largest absolute Gasteiger partial charge is 0.306 e. The molecular weight excluding hydrogens is 250 g/mol. The summed E-state index contributed by atoms with van der Waals surface area (Å²) in [5.41, 5.74) is 6.02. The molecule has 0 radical (unpaired) electrons. The molecule has 0 amide bonds. The van der Waals surface area contributed by atoms with E-state index >= 15 is 0 Å². The zero-order chi connectivity index (χ0) is 14.9. The van der Waals surface area contributed by atoms with E-state index in [1.165, 1.54) is 16.8 Å². The third kappa shape index (κ3) is 2.77. The molecule has 110 valence electrons. The second-order valence-electron chi connectivity index (χ2n) is 5.42. The van der Waals surface area contributed by atoms with Crippen LogP contribution >= 0.6 is 0 Å². The van der Waals surface area contributed by atoms with Crippen LogP contribution in [0.5, 0.6) is 0 Å². The normalized spacial score (nSPS) is 12.9. The summed E-state index contributed by atoms with van der Waals surface area (Å²) in [6, 6.07) is 0.287. The summed E-state index contributed by atoms with van der Waals surface area (Å²) in [4.78, 5) is 0. The van der Waals surface area contributed by atoms with Crippen LogP contribution in [-0.2, 0) is 20.1 Å². The van der Waals surface area contributed by atoms with Crippen molar-refractivity contribution in [2.45, 2.75) is 53.8 Å². The molecule has 0 saturated heterocycles. The number of aryl methyl sites for hydroxylation is 4. The Labute approximate surface area is 121 Å². The standard InChI is InChI=1S/C15H25N5/c1-7-20-13(5)15(12(4)18-20)11(3)16-8-14-9-19(6)17-10(14)2/h9,11,16H,7-8H2,1-6H3. The number of hydrogen-bond donors (Lipinski definition) is 1. The van der Waals surface area contributed by atoms with Crippen molar-refractivity contribution in [3.63, 3.8) is 0 Å². The lowest BCUT2D eigenvalue weighted by Gasteiger charge is -2.14. The van der Waals surface area contributed by atoms with E-state index in [2.05, 4.69) is 54.1 Å². The smallest absolute Gasteiger partial charge is 0.0644 e. The van der Waals surface area contributed by atoms with Crippen LogP contribution in [0.2, 0.25) is 0 Å². The second-order valence-corrected chi connectivity index (χ2v) is 5.42. The topological polar surface area (TPSA) is 47.7 Å². The Hall–Kier alpha value is -1.62. The highest BCUT2D eigenvalue weighted by Crippen LogP contribution is 2.21. The first-order valence-corrected chi connectivity index (χ1v) is 7.20. The quantitative estimate of drug-likeness (QED) is 0.911. The summed E-state index contributed by atoms with van der Waals surface area (Å²) in [5, 5.41) is 12.5. The van der Waals surface area contributed by atoms with E-state index in [4.69, 9.17) is 0 Å². The number of nitrogens with one attached hydrogen (secondary N) is 1. The predicted molar refractivity (Wildman–Crippen MR) is 80.6 cm³/mol. The zero-order valence-corrected chi connectivity index (χ0v) is 13.4. The average molecular weight is 275 g/mol. The van der Waals surface area contributed by atoms with Gasteiger partial charge in [-0.05, 0) is 34.6 Å². The van der Waals surface area contributed by atoms with Gasteiger partial charge in [0.2, 0.25) is 0 Å². The maximum absolute atomic E-state index is 4.59. The minimum atomic E-state index is 0.287. The summed E-state index contributed by atoms with van der Waals surface area (Å²) in [6.45, 7) is 12.3. The van der Waals surface area contributed by atoms with Gasteiger partial charge in [-0.15, -0.1) is 0 Å². The van der Waals surface area contributed by atoms with Gasteiger partial charge in [0.1, 0.15) is 0 Å². The molecule has 0 aliphatic carbocycles. The summed E-state index contributed by atoms with van der Waals surface area (Å²) < 4.78 is 3.93. The van der Waals surface area contributed by atoms with E-state index < -0.39 is 0 Å². The first-order chi connectivity index (χ1) is 9.43. The maximum atomic E-state index is 4.59. The lowest BCUT2D eigenvalue weighted by molar-refractivity contribution is 0.565. The van der Waals surface area contributed by atoms with Gasteiger partial charge in [0.25, 0.3) is 0 Å². The van der Waals surface area contributed by atoms with E-state index in [9.17, 15) is 0 Å². The molecule has 1 atom stereocenters. The number of rotatable bonds is 5. The number of hydrogen-bond acceptors (Lipinski definition) is 3. The fraction of sp³-hybridized carbons (Fsp3) is 0.600. The molecule has 0 saturated carbocycles. The van der Waals surface area contributed by atoms with Gasteiger partial charge < -0.3 is 5.32 Å². The lowest BCUT2D eigenvalue weighted by Crippen LogP contribution is -2.19. The summed E-state index contributed by atoms with van der Waals surface area (Å²) >= 11 is 0. The van der Waals surface area contributed by atoms with E-state index in [-0.39, 0.29) is 6.04 Å². The van der Waals surface area contributed by atoms with Gasteiger partial charge in [-0.3, -0.25) is 9.36 Å². The van der Waals surface area contributed by atoms with Crippen molar-refractivity contribution in [2.75, 3.05) is 0 Å². The van der Waals surface area contributed by atoms with Crippen LogP contribution in [-0.4, -0.2) is 19.6 Å². The number of aromatic nitrogens is 4. The molecule has 2 aromatic rings. The molecule has 0 fully saturated rings. The summed E-state index contributed by atoms with van der Waals surface area (Å²) in [6.07, 6.45) is 2.07. The van der Waals surface area contributed by atoms with Crippen molar-refractivity contribution in [1.82, 2.24) is 24.9 Å². The fourth-order valence-corrected chi connectivity index (χ4v) is 2.83. The molecule has 20 heavy (non-hydrogen) atoms. The van der Waals surface area contributed by atoms with Crippen molar-refractivity contribution in [3.05, 3.63) is 34.4 Å². The molecule has 1 N–H and O–H groups in total. The summed E-state index contributed by atoms with van der Waals surface area (Å²) in [7, 11) is 1.96. The molecule has 2 heterocycles. The first-order valence-electron chi connectivity index (χ1n) is 7.20. The fourth-order valence-electron chi connectivity index (χ4n) is 2.83. The van der Waals surface area contributed by atoms with Crippen LogP contribution in [0, 0.1) is 20.8 Å². The Morgan fingerprint density at radius 1 is 1.20 bits per heavy atom. The molecule has 0 spiro atoms. The van der Waals surface area contributed by atoms with Gasteiger partial charge in [-0.25, -0.2) is 0 Å². The van der Waals surface area contributed by atoms with Crippen LogP contribution in [0.3, 0.4) is 0 Å². The second kappa shape index (κ2) is 5.79. The van der Waals surface area contributed by atoms with Crippen LogP contribution in [0.25, 0.3) is 0 Å². The third-order valence-electron chi connectivity index (χ3n) is 3.88. The van der Waals surface area contributed by atoms with Crippen molar-refractivity contribution in [1.29, 1.82) is 0 Å². The predicted octanol–water partition coefficient (Wildman–Crippen LogP) is 2.41. The third-order valence-corrected chi connectivity index (χ3v) is 3.88. The van der Waals surface area contributed by atoms with Crippen LogP contribution in [0.4, 0.5) is 0 Å². The molecule has 1 unspecified atom stereocenters. The SMILES string of the molecule is CCn1nc(C)c(C(C)NCc2cn(C)nc2C)c1C. The minimum Gasteiger partial charge on any atom is -0.306 e. The van der Waals surface area contributed by atoms with Crippen LogP contribution in [0.15, 0.2) is 6.20 Å². The van der Waals surface area contributed by atoms with Crippen molar-refractivity contribution in [2.24, 2.45) is 7.05 Å². The monoisotopic (exact) mass is 275 g/mol. The number of nitrogens with zero attached hydrogens (tertiary/aromatic N) is 4. The highest BCUT2D eigenvalue weighted by atomic mass is 15.3. The Balaban J connectivity index is 2.11. The van der Waals surface area contributed by atoms with Crippen LogP contribution in [0.1, 0.15) is 48.1 Å². The highest BCUT2D eigenvalue weighted by molar-refractivity contribution is 5.28. The van der Waals surface area contributed by atoms with Gasteiger partial charge in [0.15, 0.2) is 0 Å². The van der Waals surface area contributed by atoms with Crippen molar-refractivity contribution < 1.29 is 0 Å². The van der Waals surface area contributed by atoms with Gasteiger partial charge in [-0.1, -0.05) is 0 Å². The molecule has 0 aliphatic rings. The highest BCUT2D eigenvalue weighted by Gasteiger charge is 2.17. The molecule has 0 aromatic carbocycles. The van der Waals surface area contributed by atoms with Gasteiger partial charge in [0.05, 0.1) is 11.4 Å². The Morgan fingerprint density at radius 2 is 1.90 bits per heavy atom. The average Bonchev–Trinajstić information content (AvgIpc) is 2.86. The Kier molecular flexibility index (Phi) is 4.28.